The fraction of sp³-hybridized carbons (Fsp3) is 0.957. The van der Waals surface area contributed by atoms with Gasteiger partial charge in [-0.05, 0) is 83.0 Å². The lowest BCUT2D eigenvalue weighted by Crippen LogP contribution is -2.42. The van der Waals surface area contributed by atoms with Crippen molar-refractivity contribution in [1.29, 1.82) is 0 Å². The summed E-state index contributed by atoms with van der Waals surface area (Å²) in [4.78, 5) is 19.8. The topological polar surface area (TPSA) is 38.8 Å². The van der Waals surface area contributed by atoms with Crippen molar-refractivity contribution in [3.63, 3.8) is 0 Å². The molecular weight excluding hydrogens is 348 g/mol. The molecule has 0 aromatic heterocycles. The van der Waals surface area contributed by atoms with Crippen molar-refractivity contribution in [1.82, 2.24) is 20.0 Å². The van der Waals surface area contributed by atoms with Gasteiger partial charge < -0.3 is 20.0 Å². The third-order valence-electron chi connectivity index (χ3n) is 7.17. The van der Waals surface area contributed by atoms with E-state index in [2.05, 4.69) is 22.0 Å². The van der Waals surface area contributed by atoms with Crippen LogP contribution in [0.4, 0.5) is 4.79 Å². The van der Waals surface area contributed by atoms with Crippen molar-refractivity contribution >= 4 is 6.03 Å². The van der Waals surface area contributed by atoms with E-state index in [0.29, 0.717) is 0 Å². The summed E-state index contributed by atoms with van der Waals surface area (Å²) in [7, 11) is 0. The molecule has 2 saturated heterocycles. The lowest BCUT2D eigenvalue weighted by molar-refractivity contribution is 0.185. The number of amides is 2. The average molecular weight is 393 g/mol. The largest absolute Gasteiger partial charge is 0.338 e. The Bertz CT molecular complexity index is 444. The van der Waals surface area contributed by atoms with Gasteiger partial charge in [-0.1, -0.05) is 26.2 Å². The molecule has 2 heterocycles. The molecule has 0 unspecified atom stereocenters. The van der Waals surface area contributed by atoms with Crippen molar-refractivity contribution < 1.29 is 4.79 Å². The molecule has 3 aliphatic rings. The number of likely N-dealkylation sites (tertiary alicyclic amines) is 1. The Morgan fingerprint density at radius 3 is 2.39 bits per heavy atom. The highest BCUT2D eigenvalue weighted by Crippen LogP contribution is 2.24. The summed E-state index contributed by atoms with van der Waals surface area (Å²) < 4.78 is 0. The van der Waals surface area contributed by atoms with Crippen LogP contribution in [0.1, 0.15) is 71.1 Å². The van der Waals surface area contributed by atoms with Gasteiger partial charge in [-0.3, -0.25) is 0 Å². The van der Waals surface area contributed by atoms with Crippen molar-refractivity contribution in [2.24, 2.45) is 11.8 Å². The third-order valence-corrected chi connectivity index (χ3v) is 7.17. The van der Waals surface area contributed by atoms with E-state index in [0.717, 1.165) is 57.4 Å². The first-order chi connectivity index (χ1) is 13.7. The van der Waals surface area contributed by atoms with E-state index < -0.39 is 0 Å². The summed E-state index contributed by atoms with van der Waals surface area (Å²) in [5, 5.41) is 3.17. The number of urea groups is 1. The smallest absolute Gasteiger partial charge is 0.317 e. The molecule has 1 N–H and O–H groups in total. The zero-order valence-corrected chi connectivity index (χ0v) is 18.3. The number of piperidine rings is 1. The zero-order chi connectivity index (χ0) is 19.6. The summed E-state index contributed by atoms with van der Waals surface area (Å²) in [6.07, 6.45) is 13.2. The van der Waals surface area contributed by atoms with Gasteiger partial charge in [0, 0.05) is 32.7 Å². The Balaban J connectivity index is 1.25. The summed E-state index contributed by atoms with van der Waals surface area (Å²) in [5.74, 6) is 1.81. The minimum atomic E-state index is 0.159. The van der Waals surface area contributed by atoms with E-state index in [9.17, 15) is 4.79 Å². The van der Waals surface area contributed by atoms with Gasteiger partial charge in [0.25, 0.3) is 0 Å². The molecule has 28 heavy (non-hydrogen) atoms. The van der Waals surface area contributed by atoms with Gasteiger partial charge in [0.05, 0.1) is 0 Å². The van der Waals surface area contributed by atoms with Crippen molar-refractivity contribution in [3.8, 4) is 0 Å². The Morgan fingerprint density at radius 2 is 1.61 bits per heavy atom. The second-order valence-corrected chi connectivity index (χ2v) is 9.61. The van der Waals surface area contributed by atoms with E-state index >= 15 is 0 Å². The number of carbonyl (C=O) groups is 1. The number of rotatable bonds is 7. The molecule has 1 saturated carbocycles. The molecule has 0 atom stereocenters. The van der Waals surface area contributed by atoms with E-state index in [-0.39, 0.29) is 6.03 Å². The van der Waals surface area contributed by atoms with Gasteiger partial charge in [0.1, 0.15) is 0 Å². The summed E-state index contributed by atoms with van der Waals surface area (Å²) in [5.41, 5.74) is 0. The zero-order valence-electron chi connectivity index (χ0n) is 18.3. The molecule has 3 rings (SSSR count). The van der Waals surface area contributed by atoms with E-state index in [4.69, 9.17) is 0 Å². The first-order valence-corrected chi connectivity index (χ1v) is 12.2. The predicted molar refractivity (Wildman–Crippen MR) is 117 cm³/mol. The summed E-state index contributed by atoms with van der Waals surface area (Å²) >= 11 is 0. The molecule has 1 aliphatic carbocycles. The Hall–Kier alpha value is -0.810. The summed E-state index contributed by atoms with van der Waals surface area (Å²) in [6, 6.07) is 0.159. The second kappa shape index (κ2) is 12.0. The molecule has 0 bridgehead atoms. The minimum absolute atomic E-state index is 0.159. The van der Waals surface area contributed by atoms with Crippen LogP contribution in [0.3, 0.4) is 0 Å². The monoisotopic (exact) mass is 392 g/mol. The molecule has 5 heteroatoms. The van der Waals surface area contributed by atoms with Crippen LogP contribution in [0, 0.1) is 11.8 Å². The lowest BCUT2D eigenvalue weighted by Gasteiger charge is -2.30. The van der Waals surface area contributed by atoms with E-state index in [1.807, 2.05) is 4.90 Å². The number of hydrogen-bond donors (Lipinski definition) is 1. The number of nitrogens with zero attached hydrogens (tertiary/aromatic N) is 3. The van der Waals surface area contributed by atoms with Crippen LogP contribution in [0.15, 0.2) is 0 Å². The first kappa shape index (κ1) is 21.9. The molecule has 0 spiro atoms. The van der Waals surface area contributed by atoms with Crippen LogP contribution in [-0.2, 0) is 0 Å². The average Bonchev–Trinajstić information content (AvgIpc) is 2.95. The van der Waals surface area contributed by atoms with Crippen molar-refractivity contribution in [2.75, 3.05) is 58.9 Å². The molecule has 0 aromatic carbocycles. The number of hydrogen-bond acceptors (Lipinski definition) is 3. The van der Waals surface area contributed by atoms with Crippen LogP contribution in [-0.4, -0.2) is 79.6 Å². The molecule has 2 aliphatic heterocycles. The van der Waals surface area contributed by atoms with Crippen LogP contribution in [0.5, 0.6) is 0 Å². The van der Waals surface area contributed by atoms with Crippen molar-refractivity contribution in [2.45, 2.75) is 71.1 Å². The maximum atomic E-state index is 12.5. The number of unbranched alkanes of at least 4 members (excludes halogenated alkanes) is 1. The second-order valence-electron chi connectivity index (χ2n) is 9.61. The summed E-state index contributed by atoms with van der Waals surface area (Å²) in [6.45, 7) is 12.2. The fourth-order valence-electron chi connectivity index (χ4n) is 5.14. The van der Waals surface area contributed by atoms with Gasteiger partial charge >= 0.3 is 6.03 Å². The first-order valence-electron chi connectivity index (χ1n) is 12.2. The van der Waals surface area contributed by atoms with Crippen LogP contribution < -0.4 is 5.32 Å². The molecular formula is C23H44N4O. The predicted octanol–water partition coefficient (Wildman–Crippen LogP) is 3.80. The number of carbonyl (C=O) groups excluding carboxylic acids is 1. The molecule has 3 fully saturated rings. The fourth-order valence-corrected chi connectivity index (χ4v) is 5.14. The highest BCUT2D eigenvalue weighted by atomic mass is 16.2. The molecule has 5 nitrogen and oxygen atoms in total. The van der Waals surface area contributed by atoms with Crippen LogP contribution >= 0.6 is 0 Å². The van der Waals surface area contributed by atoms with Gasteiger partial charge in [-0.15, -0.1) is 0 Å². The SMILES string of the molecule is CC1CCN(CCCCNC(=O)N2CCCN(CC3CCCCC3)CC2)CC1. The van der Waals surface area contributed by atoms with Gasteiger partial charge in [-0.25, -0.2) is 4.79 Å². The Labute approximate surface area is 173 Å². The lowest BCUT2D eigenvalue weighted by atomic mass is 9.89. The van der Waals surface area contributed by atoms with Crippen LogP contribution in [0.25, 0.3) is 0 Å². The normalized spacial score (nSPS) is 24.2. The van der Waals surface area contributed by atoms with Crippen LogP contribution in [0.2, 0.25) is 0 Å². The quantitative estimate of drug-likeness (QED) is 0.670. The highest BCUT2D eigenvalue weighted by molar-refractivity contribution is 5.74. The third kappa shape index (κ3) is 7.55. The number of nitrogens with one attached hydrogen (secondary N) is 1. The minimum Gasteiger partial charge on any atom is -0.338 e. The highest BCUT2D eigenvalue weighted by Gasteiger charge is 2.22. The van der Waals surface area contributed by atoms with Gasteiger partial charge in [0.15, 0.2) is 0 Å². The van der Waals surface area contributed by atoms with Gasteiger partial charge in [-0.2, -0.15) is 0 Å². The molecule has 0 radical (unpaired) electrons. The molecule has 162 valence electrons. The Kier molecular flexibility index (Phi) is 9.39. The molecule has 0 aromatic rings. The Morgan fingerprint density at radius 1 is 0.821 bits per heavy atom. The maximum Gasteiger partial charge on any atom is 0.317 e. The van der Waals surface area contributed by atoms with E-state index in [1.165, 1.54) is 77.5 Å². The van der Waals surface area contributed by atoms with Gasteiger partial charge in [0.2, 0.25) is 0 Å². The standard InChI is InChI=1S/C23H44N4O/c1-21-10-16-25(17-11-21)13-6-5-12-24-23(28)27-15-7-14-26(18-19-27)20-22-8-3-2-4-9-22/h21-22H,2-20H2,1H3,(H,24,28). The molecule has 2 amide bonds. The maximum absolute atomic E-state index is 12.5. The van der Waals surface area contributed by atoms with Crippen molar-refractivity contribution in [3.05, 3.63) is 0 Å². The van der Waals surface area contributed by atoms with E-state index in [1.54, 1.807) is 0 Å².